The van der Waals surface area contributed by atoms with Crippen LogP contribution in [0.4, 0.5) is 8.78 Å². The Morgan fingerprint density at radius 2 is 1.87 bits per heavy atom. The van der Waals surface area contributed by atoms with E-state index >= 15 is 0 Å². The first-order valence-electron chi connectivity index (χ1n) is 9.49. The van der Waals surface area contributed by atoms with Gasteiger partial charge in [0, 0.05) is 12.0 Å². The molecule has 2 aromatic carbocycles. The van der Waals surface area contributed by atoms with Crippen molar-refractivity contribution >= 4 is 23.0 Å². The lowest BCUT2D eigenvalue weighted by Crippen LogP contribution is -2.52. The van der Waals surface area contributed by atoms with Gasteiger partial charge in [-0.05, 0) is 49.2 Å². The number of benzene rings is 2. The minimum Gasteiger partial charge on any atom is -0.368 e. The van der Waals surface area contributed by atoms with Gasteiger partial charge in [-0.2, -0.15) is 0 Å². The zero-order valence-corrected chi connectivity index (χ0v) is 16.8. The van der Waals surface area contributed by atoms with Gasteiger partial charge in [-0.15, -0.1) is 11.3 Å². The minimum absolute atomic E-state index is 0.124. The summed E-state index contributed by atoms with van der Waals surface area (Å²) in [5, 5.41) is 3.39. The van der Waals surface area contributed by atoms with Crippen LogP contribution in [0.2, 0.25) is 0 Å². The third-order valence-electron chi connectivity index (χ3n) is 5.28. The maximum Gasteiger partial charge on any atom is 0.238 e. The van der Waals surface area contributed by atoms with Gasteiger partial charge in [-0.3, -0.25) is 9.59 Å². The molecule has 30 heavy (non-hydrogen) atoms. The van der Waals surface area contributed by atoms with Crippen molar-refractivity contribution in [3.63, 3.8) is 0 Å². The average molecular weight is 427 g/mol. The van der Waals surface area contributed by atoms with E-state index in [1.807, 2.05) is 0 Å². The number of amides is 1. The molecule has 3 aromatic rings. The Morgan fingerprint density at radius 1 is 1.13 bits per heavy atom. The molecular formula is C22H19F2N3O2S. The van der Waals surface area contributed by atoms with Gasteiger partial charge in [0.1, 0.15) is 27.9 Å². The lowest BCUT2D eigenvalue weighted by Gasteiger charge is -2.24. The molecule has 5 nitrogen and oxygen atoms in total. The van der Waals surface area contributed by atoms with Gasteiger partial charge in [0.15, 0.2) is 5.78 Å². The van der Waals surface area contributed by atoms with Gasteiger partial charge in [-0.25, -0.2) is 13.8 Å². The summed E-state index contributed by atoms with van der Waals surface area (Å²) in [6.45, 7) is 0.596. The van der Waals surface area contributed by atoms with Crippen LogP contribution in [-0.2, 0) is 4.79 Å². The van der Waals surface area contributed by atoms with Crippen molar-refractivity contribution in [2.75, 3.05) is 6.54 Å². The number of carbonyl (C=O) groups is 2. The Morgan fingerprint density at radius 3 is 2.50 bits per heavy atom. The largest absolute Gasteiger partial charge is 0.368 e. The van der Waals surface area contributed by atoms with Crippen molar-refractivity contribution in [2.24, 2.45) is 5.73 Å². The van der Waals surface area contributed by atoms with E-state index in [1.165, 1.54) is 18.2 Å². The second-order valence-electron chi connectivity index (χ2n) is 7.26. The van der Waals surface area contributed by atoms with E-state index in [-0.39, 0.29) is 23.5 Å². The molecule has 1 atom stereocenters. The summed E-state index contributed by atoms with van der Waals surface area (Å²) in [7, 11) is 0. The van der Waals surface area contributed by atoms with Crippen LogP contribution in [0.25, 0.3) is 21.0 Å². The molecule has 8 heteroatoms. The highest BCUT2D eigenvalue weighted by molar-refractivity contribution is 7.18. The Hall–Kier alpha value is -2.97. The van der Waals surface area contributed by atoms with Crippen molar-refractivity contribution in [3.05, 3.63) is 65.9 Å². The summed E-state index contributed by atoms with van der Waals surface area (Å²) in [6.07, 6.45) is 1.06. The topological polar surface area (TPSA) is 85.1 Å². The predicted octanol–water partition coefficient (Wildman–Crippen LogP) is 3.94. The molecule has 1 unspecified atom stereocenters. The first kappa shape index (κ1) is 20.3. The fourth-order valence-corrected chi connectivity index (χ4v) is 4.78. The van der Waals surface area contributed by atoms with Crippen LogP contribution in [0.5, 0.6) is 0 Å². The van der Waals surface area contributed by atoms with Crippen molar-refractivity contribution < 1.29 is 18.4 Å². The smallest absolute Gasteiger partial charge is 0.238 e. The number of rotatable bonds is 6. The van der Waals surface area contributed by atoms with E-state index < -0.39 is 23.1 Å². The Labute approximate surface area is 175 Å². The summed E-state index contributed by atoms with van der Waals surface area (Å²) in [4.78, 5) is 30.2. The number of aromatic nitrogens is 1. The Balaban J connectivity index is 1.79. The van der Waals surface area contributed by atoms with Gasteiger partial charge in [0.05, 0.1) is 4.88 Å². The van der Waals surface area contributed by atoms with Gasteiger partial charge >= 0.3 is 0 Å². The molecule has 2 heterocycles. The molecule has 1 aliphatic rings. The molecule has 4 rings (SSSR count). The summed E-state index contributed by atoms with van der Waals surface area (Å²) < 4.78 is 27.7. The molecule has 0 aliphatic carbocycles. The molecule has 0 saturated carbocycles. The lowest BCUT2D eigenvalue weighted by molar-refractivity contribution is -0.123. The quantitative estimate of drug-likeness (QED) is 0.584. The van der Waals surface area contributed by atoms with Crippen molar-refractivity contribution in [1.29, 1.82) is 0 Å². The van der Waals surface area contributed by atoms with Gasteiger partial charge in [0.25, 0.3) is 0 Å². The van der Waals surface area contributed by atoms with E-state index in [2.05, 4.69) is 10.3 Å². The van der Waals surface area contributed by atoms with Crippen molar-refractivity contribution in [1.82, 2.24) is 10.3 Å². The zero-order valence-electron chi connectivity index (χ0n) is 16.0. The molecule has 154 valence electrons. The predicted molar refractivity (Wildman–Crippen MR) is 111 cm³/mol. The number of thiazole rings is 1. The number of Topliss-reactive ketones (excluding diaryl/α,β-unsaturated/α-hetero) is 1. The molecule has 1 aliphatic heterocycles. The number of hydrogen-bond donors (Lipinski definition) is 2. The van der Waals surface area contributed by atoms with Crippen LogP contribution >= 0.6 is 11.3 Å². The van der Waals surface area contributed by atoms with E-state index in [0.717, 1.165) is 17.8 Å². The molecule has 3 N–H and O–H groups in total. The number of nitrogens with two attached hydrogens (primary N) is 1. The SMILES string of the molecule is NC(=O)C1(CC(=O)c2nc(-c3ccccc3F)sc2-c2ccc(F)cc2)CCCN1. The van der Waals surface area contributed by atoms with Crippen LogP contribution in [0.3, 0.4) is 0 Å². The van der Waals surface area contributed by atoms with Gasteiger partial charge in [-0.1, -0.05) is 24.3 Å². The maximum absolute atomic E-state index is 14.3. The molecule has 1 amide bonds. The monoisotopic (exact) mass is 427 g/mol. The standard InChI is InChI=1S/C22H19F2N3O2S/c23-14-8-6-13(7-9-14)19-18(17(28)12-22(21(25)29)10-3-11-26-22)27-20(30-19)15-4-1-2-5-16(15)24/h1-2,4-9,26H,3,10-12H2,(H2,25,29). The first-order chi connectivity index (χ1) is 14.4. The van der Waals surface area contributed by atoms with Gasteiger partial charge in [0.2, 0.25) is 5.91 Å². The highest BCUT2D eigenvalue weighted by atomic mass is 32.1. The molecular weight excluding hydrogens is 408 g/mol. The normalized spacial score (nSPS) is 18.5. The second kappa shape index (κ2) is 8.04. The van der Waals surface area contributed by atoms with Crippen LogP contribution in [0.15, 0.2) is 48.5 Å². The molecule has 0 bridgehead atoms. The second-order valence-corrected chi connectivity index (χ2v) is 8.26. The van der Waals surface area contributed by atoms with Crippen molar-refractivity contribution in [2.45, 2.75) is 24.8 Å². The van der Waals surface area contributed by atoms with Crippen LogP contribution in [-0.4, -0.2) is 28.8 Å². The van der Waals surface area contributed by atoms with Gasteiger partial charge < -0.3 is 11.1 Å². The van der Waals surface area contributed by atoms with E-state index in [1.54, 1.807) is 30.3 Å². The summed E-state index contributed by atoms with van der Waals surface area (Å²) in [5.74, 6) is -1.82. The number of halogens is 2. The summed E-state index contributed by atoms with van der Waals surface area (Å²) in [6, 6.07) is 11.8. The number of nitrogens with zero attached hydrogens (tertiary/aromatic N) is 1. The average Bonchev–Trinajstić information content (AvgIpc) is 3.37. The molecule has 1 fully saturated rings. The first-order valence-corrected chi connectivity index (χ1v) is 10.3. The third kappa shape index (κ3) is 3.76. The number of nitrogens with one attached hydrogen (secondary N) is 1. The summed E-state index contributed by atoms with van der Waals surface area (Å²) in [5.41, 5.74) is 5.45. The fourth-order valence-electron chi connectivity index (χ4n) is 3.67. The molecule has 1 saturated heterocycles. The third-order valence-corrected chi connectivity index (χ3v) is 6.42. The number of hydrogen-bond acceptors (Lipinski definition) is 5. The zero-order chi connectivity index (χ0) is 21.3. The Bertz CT molecular complexity index is 1110. The maximum atomic E-state index is 14.3. The van der Waals surface area contributed by atoms with Crippen LogP contribution < -0.4 is 11.1 Å². The number of primary amides is 1. The van der Waals surface area contributed by atoms with E-state index in [4.69, 9.17) is 5.73 Å². The van der Waals surface area contributed by atoms with Crippen LogP contribution in [0.1, 0.15) is 29.8 Å². The van der Waals surface area contributed by atoms with Crippen LogP contribution in [0, 0.1) is 11.6 Å². The van der Waals surface area contributed by atoms with E-state index in [0.29, 0.717) is 28.4 Å². The molecule has 0 radical (unpaired) electrons. The number of carbonyl (C=O) groups excluding carboxylic acids is 2. The highest BCUT2D eigenvalue weighted by Gasteiger charge is 2.42. The molecule has 1 aromatic heterocycles. The minimum atomic E-state index is -1.11. The van der Waals surface area contributed by atoms with Crippen molar-refractivity contribution in [3.8, 4) is 21.0 Å². The Kier molecular flexibility index (Phi) is 5.44. The summed E-state index contributed by atoms with van der Waals surface area (Å²) >= 11 is 1.15. The van der Waals surface area contributed by atoms with E-state index in [9.17, 15) is 18.4 Å². The fraction of sp³-hybridized carbons (Fsp3) is 0.227. The lowest BCUT2D eigenvalue weighted by atomic mass is 9.89. The molecule has 0 spiro atoms. The highest BCUT2D eigenvalue weighted by Crippen LogP contribution is 2.38. The number of ketones is 1.